The zero-order valence-corrected chi connectivity index (χ0v) is 13.9. The van der Waals surface area contributed by atoms with Gasteiger partial charge in [0.15, 0.2) is 0 Å². The number of carbonyl (C=O) groups is 2. The zero-order valence-electron chi connectivity index (χ0n) is 13.2. The van der Waals surface area contributed by atoms with Crippen LogP contribution >= 0.6 is 11.6 Å². The van der Waals surface area contributed by atoms with Gasteiger partial charge in [-0.2, -0.15) is 0 Å². The highest BCUT2D eigenvalue weighted by atomic mass is 35.5. The molecule has 4 nitrogen and oxygen atoms in total. The van der Waals surface area contributed by atoms with Gasteiger partial charge in [-0.15, -0.1) is 0 Å². The number of carbonyl (C=O) groups excluding carboxylic acids is 2. The predicted octanol–water partition coefficient (Wildman–Crippen LogP) is 3.82. The lowest BCUT2D eigenvalue weighted by Gasteiger charge is -2.40. The van der Waals surface area contributed by atoms with Crippen LogP contribution in [-0.2, 0) is 9.53 Å². The largest absolute Gasteiger partial charge is 0.444 e. The monoisotopic (exact) mass is 303 g/mol. The second-order valence-corrected chi connectivity index (χ2v) is 7.46. The Morgan fingerprint density at radius 1 is 1.25 bits per heavy atom. The predicted molar refractivity (Wildman–Crippen MR) is 79.8 cm³/mol. The number of nitrogens with zero attached hydrogens (tertiary/aromatic N) is 1. The quantitative estimate of drug-likeness (QED) is 0.745. The van der Waals surface area contributed by atoms with E-state index >= 15 is 0 Å². The Bertz CT molecular complexity index is 366. The highest BCUT2D eigenvalue weighted by Crippen LogP contribution is 2.40. The molecule has 1 fully saturated rings. The van der Waals surface area contributed by atoms with Crippen LogP contribution in [0.3, 0.4) is 0 Å². The summed E-state index contributed by atoms with van der Waals surface area (Å²) in [5, 5.41) is -0.268. The third-order valence-corrected chi connectivity index (χ3v) is 3.99. The molecule has 1 amide bonds. The summed E-state index contributed by atoms with van der Waals surface area (Å²) in [7, 11) is 0. The third-order valence-electron chi connectivity index (χ3n) is 3.59. The van der Waals surface area contributed by atoms with E-state index in [4.69, 9.17) is 16.3 Å². The molecule has 1 aliphatic rings. The lowest BCUT2D eigenvalue weighted by Crippen LogP contribution is -2.47. The smallest absolute Gasteiger partial charge is 0.410 e. The summed E-state index contributed by atoms with van der Waals surface area (Å²) in [5.41, 5.74) is -0.972. The summed E-state index contributed by atoms with van der Waals surface area (Å²) < 4.78 is 5.36. The van der Waals surface area contributed by atoms with Gasteiger partial charge in [-0.1, -0.05) is 13.8 Å². The van der Waals surface area contributed by atoms with E-state index in [9.17, 15) is 9.59 Å². The molecule has 20 heavy (non-hydrogen) atoms. The lowest BCUT2D eigenvalue weighted by molar-refractivity contribution is -0.124. The molecule has 5 heteroatoms. The average molecular weight is 304 g/mol. The Morgan fingerprint density at radius 3 is 2.10 bits per heavy atom. The molecule has 1 saturated heterocycles. The van der Waals surface area contributed by atoms with Crippen LogP contribution in [0.25, 0.3) is 0 Å². The molecule has 0 atom stereocenters. The minimum absolute atomic E-state index is 0.268. The number of hydrogen-bond acceptors (Lipinski definition) is 3. The van der Waals surface area contributed by atoms with Crippen LogP contribution in [0.15, 0.2) is 0 Å². The highest BCUT2D eigenvalue weighted by Gasteiger charge is 2.42. The van der Waals surface area contributed by atoms with Gasteiger partial charge in [0.25, 0.3) is 0 Å². The normalized spacial score (nSPS) is 19.1. The van der Waals surface area contributed by atoms with Crippen LogP contribution in [0.4, 0.5) is 4.79 Å². The first-order chi connectivity index (χ1) is 9.06. The van der Waals surface area contributed by atoms with E-state index in [2.05, 4.69) is 13.8 Å². The van der Waals surface area contributed by atoms with E-state index in [1.807, 2.05) is 20.8 Å². The van der Waals surface area contributed by atoms with Gasteiger partial charge in [0.2, 0.25) is 5.24 Å². The van der Waals surface area contributed by atoms with Gasteiger partial charge in [-0.3, -0.25) is 4.79 Å². The van der Waals surface area contributed by atoms with Crippen molar-refractivity contribution in [2.75, 3.05) is 13.1 Å². The van der Waals surface area contributed by atoms with Crippen LogP contribution in [0.5, 0.6) is 0 Å². The molecule has 0 aromatic heterocycles. The second kappa shape index (κ2) is 6.33. The Balaban J connectivity index is 2.65. The van der Waals surface area contributed by atoms with Crippen molar-refractivity contribution in [1.82, 2.24) is 4.90 Å². The molecule has 116 valence electrons. The third kappa shape index (κ3) is 4.65. The molecule has 1 heterocycles. The Kier molecular flexibility index (Phi) is 5.47. The number of hydrogen-bond donors (Lipinski definition) is 0. The molecule has 0 unspecified atom stereocenters. The van der Waals surface area contributed by atoms with Crippen LogP contribution in [0, 0.1) is 11.3 Å². The van der Waals surface area contributed by atoms with Gasteiger partial charge in [0.05, 0.1) is 0 Å². The maximum absolute atomic E-state index is 12.0. The minimum Gasteiger partial charge on any atom is -0.444 e. The van der Waals surface area contributed by atoms with Crippen molar-refractivity contribution < 1.29 is 14.3 Å². The van der Waals surface area contributed by atoms with E-state index in [-0.39, 0.29) is 11.3 Å². The summed E-state index contributed by atoms with van der Waals surface area (Å²) in [5.74, 6) is 0.408. The molecule has 0 N–H and O–H groups in total. The van der Waals surface area contributed by atoms with Crippen molar-refractivity contribution in [2.24, 2.45) is 11.3 Å². The molecule has 0 aliphatic carbocycles. The van der Waals surface area contributed by atoms with Gasteiger partial charge in [-0.25, -0.2) is 4.79 Å². The van der Waals surface area contributed by atoms with Crippen molar-refractivity contribution in [3.63, 3.8) is 0 Å². The number of rotatable bonds is 3. The molecular weight excluding hydrogens is 278 g/mol. The van der Waals surface area contributed by atoms with Crippen LogP contribution in [0.1, 0.15) is 53.9 Å². The Morgan fingerprint density at radius 2 is 1.75 bits per heavy atom. The van der Waals surface area contributed by atoms with Gasteiger partial charge >= 0.3 is 6.09 Å². The fraction of sp³-hybridized carbons (Fsp3) is 0.867. The summed E-state index contributed by atoms with van der Waals surface area (Å²) >= 11 is 5.82. The molecule has 0 spiro atoms. The van der Waals surface area contributed by atoms with Gasteiger partial charge in [0.1, 0.15) is 5.60 Å². The lowest BCUT2D eigenvalue weighted by atomic mass is 9.74. The molecule has 0 saturated carbocycles. The first-order valence-electron chi connectivity index (χ1n) is 7.24. The van der Waals surface area contributed by atoms with Crippen LogP contribution in [0.2, 0.25) is 0 Å². The summed E-state index contributed by atoms with van der Waals surface area (Å²) in [6.07, 6.45) is 1.70. The Hall–Kier alpha value is -0.770. The van der Waals surface area contributed by atoms with E-state index in [1.165, 1.54) is 0 Å². The van der Waals surface area contributed by atoms with Crippen molar-refractivity contribution in [2.45, 2.75) is 59.5 Å². The second-order valence-electron chi connectivity index (χ2n) is 7.12. The zero-order chi connectivity index (χ0) is 15.6. The maximum atomic E-state index is 12.0. The fourth-order valence-electron chi connectivity index (χ4n) is 2.71. The highest BCUT2D eigenvalue weighted by molar-refractivity contribution is 6.64. The van der Waals surface area contributed by atoms with E-state index in [1.54, 1.807) is 4.90 Å². The molecule has 0 bridgehead atoms. The Labute approximate surface area is 126 Å². The van der Waals surface area contributed by atoms with E-state index in [0.29, 0.717) is 31.8 Å². The van der Waals surface area contributed by atoms with Crippen LogP contribution in [-0.4, -0.2) is 34.9 Å². The summed E-state index contributed by atoms with van der Waals surface area (Å²) in [4.78, 5) is 25.5. The number of amides is 1. The van der Waals surface area contributed by atoms with Crippen molar-refractivity contribution in [3.05, 3.63) is 0 Å². The molecule has 0 aromatic rings. The molecule has 0 radical (unpaired) electrons. The fourth-order valence-corrected chi connectivity index (χ4v) is 2.97. The molecule has 1 rings (SSSR count). The maximum Gasteiger partial charge on any atom is 0.410 e. The number of halogens is 1. The average Bonchev–Trinajstić information content (AvgIpc) is 2.26. The number of likely N-dealkylation sites (tertiary alicyclic amines) is 1. The molecule has 1 aliphatic heterocycles. The first-order valence-corrected chi connectivity index (χ1v) is 7.61. The molecule has 0 aromatic carbocycles. The summed E-state index contributed by atoms with van der Waals surface area (Å²) in [6.45, 7) is 10.8. The van der Waals surface area contributed by atoms with Gasteiger partial charge < -0.3 is 9.64 Å². The van der Waals surface area contributed by atoms with Crippen molar-refractivity contribution in [1.29, 1.82) is 0 Å². The SMILES string of the molecule is CC(C)CC1(C(=O)Cl)CCN(C(=O)OC(C)(C)C)CC1. The van der Waals surface area contributed by atoms with Gasteiger partial charge in [-0.05, 0) is 57.6 Å². The standard InChI is InChI=1S/C15H26ClNO3/c1-11(2)10-15(12(16)18)6-8-17(9-7-15)13(19)20-14(3,4)5/h11H,6-10H2,1-5H3. The van der Waals surface area contributed by atoms with Crippen molar-refractivity contribution in [3.8, 4) is 0 Å². The molecular formula is C15H26ClNO3. The van der Waals surface area contributed by atoms with E-state index < -0.39 is 11.0 Å². The minimum atomic E-state index is -0.494. The van der Waals surface area contributed by atoms with Crippen molar-refractivity contribution >= 4 is 22.9 Å². The summed E-state index contributed by atoms with van der Waals surface area (Å²) in [6, 6.07) is 0. The van der Waals surface area contributed by atoms with Crippen LogP contribution < -0.4 is 0 Å². The van der Waals surface area contributed by atoms with Gasteiger partial charge in [0, 0.05) is 18.5 Å². The first kappa shape index (κ1) is 17.3. The number of piperidine rings is 1. The number of ether oxygens (including phenoxy) is 1. The van der Waals surface area contributed by atoms with E-state index in [0.717, 1.165) is 6.42 Å². The topological polar surface area (TPSA) is 46.6 Å².